The Kier molecular flexibility index (Phi) is 9.10. The molecule has 1 aliphatic carbocycles. The molecule has 0 amide bonds. The molecule has 11 heteroatoms. The number of hydrogen-bond donors (Lipinski definition) is 0. The van der Waals surface area contributed by atoms with Crippen LogP contribution in [0.2, 0.25) is 0 Å². The Morgan fingerprint density at radius 1 is 1.10 bits per heavy atom. The lowest BCUT2D eigenvalue weighted by Gasteiger charge is -2.34. The molecule has 0 bridgehead atoms. The monoisotopic (exact) mass is 447 g/mol. The van der Waals surface area contributed by atoms with Crippen molar-refractivity contribution in [2.24, 2.45) is 0 Å². The molecular formula is C18H27F4O6S-. The molecule has 1 aliphatic rings. The van der Waals surface area contributed by atoms with Gasteiger partial charge in [0.05, 0.1) is 18.8 Å². The molecule has 1 rings (SSSR count). The van der Waals surface area contributed by atoms with Crippen LogP contribution < -0.4 is 0 Å². The van der Waals surface area contributed by atoms with Crippen LogP contribution in [0.4, 0.5) is 17.6 Å². The normalized spacial score (nSPS) is 18.6. The third-order valence-corrected chi connectivity index (χ3v) is 6.01. The van der Waals surface area contributed by atoms with Gasteiger partial charge in [0.15, 0.2) is 10.1 Å². The number of hydrogen-bond acceptors (Lipinski definition) is 6. The van der Waals surface area contributed by atoms with Crippen molar-refractivity contribution in [2.75, 3.05) is 13.2 Å². The molecule has 170 valence electrons. The molecule has 29 heavy (non-hydrogen) atoms. The summed E-state index contributed by atoms with van der Waals surface area (Å²) >= 11 is 0. The zero-order valence-corrected chi connectivity index (χ0v) is 17.2. The zero-order chi connectivity index (χ0) is 22.3. The third kappa shape index (κ3) is 6.92. The minimum atomic E-state index is -6.54. The summed E-state index contributed by atoms with van der Waals surface area (Å²) in [5.74, 6) is -5.87. The van der Waals surface area contributed by atoms with Crippen molar-refractivity contribution in [3.05, 3.63) is 12.2 Å². The van der Waals surface area contributed by atoms with E-state index in [1.165, 1.54) is 0 Å². The van der Waals surface area contributed by atoms with E-state index in [9.17, 15) is 35.3 Å². The predicted octanol–water partition coefficient (Wildman–Crippen LogP) is 4.16. The Hall–Kier alpha value is -1.20. The molecule has 0 aliphatic heterocycles. The standard InChI is InChI=1S/C18H28F4O6S/c1-3-16(9-7-5-4-6-8-10-16)28-15(23)14(2)13-27-12-11-17(19,20)18(21,22)29(24,25)26/h2-13H2,1H3,(H,24,25,26)/p-1. The maximum atomic E-state index is 13.3. The lowest BCUT2D eigenvalue weighted by atomic mass is 9.85. The van der Waals surface area contributed by atoms with Gasteiger partial charge in [-0.25, -0.2) is 13.2 Å². The number of ether oxygens (including phenoxy) is 2. The summed E-state index contributed by atoms with van der Waals surface area (Å²) in [6.45, 7) is 3.81. The van der Waals surface area contributed by atoms with Gasteiger partial charge in [0.1, 0.15) is 5.60 Å². The topological polar surface area (TPSA) is 92.7 Å². The summed E-state index contributed by atoms with van der Waals surface area (Å²) in [6.07, 6.45) is 5.34. The maximum Gasteiger partial charge on any atom is 0.396 e. The highest BCUT2D eigenvalue weighted by Crippen LogP contribution is 2.40. The SMILES string of the molecule is C=C(COCCC(F)(F)C(F)(F)S(=O)(=O)[O-])C(=O)OC1(CC)CCCCCCC1. The van der Waals surface area contributed by atoms with E-state index >= 15 is 0 Å². The molecule has 0 saturated heterocycles. The highest BCUT2D eigenvalue weighted by atomic mass is 32.2. The van der Waals surface area contributed by atoms with Crippen LogP contribution in [-0.2, 0) is 24.4 Å². The Morgan fingerprint density at radius 3 is 2.10 bits per heavy atom. The number of esters is 1. The first-order valence-electron chi connectivity index (χ1n) is 9.48. The number of halogens is 4. The summed E-state index contributed by atoms with van der Waals surface area (Å²) in [5.41, 5.74) is -0.802. The molecule has 1 saturated carbocycles. The fourth-order valence-electron chi connectivity index (χ4n) is 3.13. The zero-order valence-electron chi connectivity index (χ0n) is 16.4. The van der Waals surface area contributed by atoms with Crippen molar-refractivity contribution in [1.29, 1.82) is 0 Å². The van der Waals surface area contributed by atoms with Gasteiger partial charge in [-0.2, -0.15) is 17.6 Å². The molecule has 0 unspecified atom stereocenters. The van der Waals surface area contributed by atoms with E-state index in [1.807, 2.05) is 6.92 Å². The van der Waals surface area contributed by atoms with Crippen molar-refractivity contribution in [1.82, 2.24) is 0 Å². The highest BCUT2D eigenvalue weighted by molar-refractivity contribution is 7.86. The summed E-state index contributed by atoms with van der Waals surface area (Å²) < 4.78 is 94.1. The molecule has 0 N–H and O–H groups in total. The van der Waals surface area contributed by atoms with Crippen LogP contribution in [0.1, 0.15) is 64.7 Å². The van der Waals surface area contributed by atoms with E-state index in [0.717, 1.165) is 32.1 Å². The average molecular weight is 447 g/mol. The molecule has 0 aromatic carbocycles. The van der Waals surface area contributed by atoms with Crippen molar-refractivity contribution in [3.8, 4) is 0 Å². The van der Waals surface area contributed by atoms with E-state index in [4.69, 9.17) is 9.47 Å². The number of alkyl halides is 4. The van der Waals surface area contributed by atoms with E-state index in [0.29, 0.717) is 19.3 Å². The van der Waals surface area contributed by atoms with Gasteiger partial charge in [-0.1, -0.05) is 32.8 Å². The Labute approximate surface area is 168 Å². The fourth-order valence-corrected chi connectivity index (χ4v) is 3.60. The fraction of sp³-hybridized carbons (Fsp3) is 0.833. The molecular weight excluding hydrogens is 420 g/mol. The van der Waals surface area contributed by atoms with Gasteiger partial charge >= 0.3 is 17.1 Å². The van der Waals surface area contributed by atoms with Crippen molar-refractivity contribution < 1.29 is 44.8 Å². The second-order valence-electron chi connectivity index (χ2n) is 7.28. The van der Waals surface area contributed by atoms with Gasteiger partial charge in [0, 0.05) is 6.42 Å². The number of carbonyl (C=O) groups is 1. The van der Waals surface area contributed by atoms with Crippen LogP contribution >= 0.6 is 0 Å². The number of carbonyl (C=O) groups excluding carboxylic acids is 1. The molecule has 1 fully saturated rings. The highest BCUT2D eigenvalue weighted by Gasteiger charge is 2.61. The number of rotatable bonds is 10. The average Bonchev–Trinajstić information content (AvgIpc) is 2.59. The summed E-state index contributed by atoms with van der Waals surface area (Å²) in [4.78, 5) is 12.3. The van der Waals surface area contributed by atoms with Crippen LogP contribution in [0.15, 0.2) is 12.2 Å². The largest absolute Gasteiger partial charge is 0.743 e. The van der Waals surface area contributed by atoms with Crippen molar-refractivity contribution in [3.63, 3.8) is 0 Å². The van der Waals surface area contributed by atoms with Crippen molar-refractivity contribution >= 4 is 16.1 Å². The lowest BCUT2D eigenvalue weighted by molar-refractivity contribution is -0.171. The minimum absolute atomic E-state index is 0.175. The maximum absolute atomic E-state index is 13.3. The van der Waals surface area contributed by atoms with E-state index in [1.54, 1.807) is 0 Å². The Balaban J connectivity index is 2.54. The molecule has 0 radical (unpaired) electrons. The second kappa shape index (κ2) is 10.2. The summed E-state index contributed by atoms with van der Waals surface area (Å²) in [7, 11) is -6.54. The summed E-state index contributed by atoms with van der Waals surface area (Å²) in [6, 6.07) is 0. The van der Waals surface area contributed by atoms with Crippen LogP contribution in [-0.4, -0.2) is 48.9 Å². The van der Waals surface area contributed by atoms with Gasteiger partial charge in [0.25, 0.3) is 0 Å². The summed E-state index contributed by atoms with van der Waals surface area (Å²) in [5, 5.41) is -5.76. The Morgan fingerprint density at radius 2 is 1.62 bits per heavy atom. The van der Waals surface area contributed by atoms with Gasteiger partial charge in [-0.15, -0.1) is 0 Å². The second-order valence-corrected chi connectivity index (χ2v) is 8.70. The van der Waals surface area contributed by atoms with Gasteiger partial charge in [-0.05, 0) is 32.1 Å². The van der Waals surface area contributed by atoms with Gasteiger partial charge < -0.3 is 14.0 Å². The van der Waals surface area contributed by atoms with Crippen LogP contribution in [0, 0.1) is 0 Å². The van der Waals surface area contributed by atoms with Crippen LogP contribution in [0.25, 0.3) is 0 Å². The molecule has 0 heterocycles. The first kappa shape index (κ1) is 25.8. The molecule has 0 aromatic heterocycles. The lowest BCUT2D eigenvalue weighted by Crippen LogP contribution is -2.47. The van der Waals surface area contributed by atoms with E-state index < -0.39 is 52.5 Å². The van der Waals surface area contributed by atoms with Crippen LogP contribution in [0.5, 0.6) is 0 Å². The van der Waals surface area contributed by atoms with Gasteiger partial charge in [-0.3, -0.25) is 0 Å². The first-order valence-corrected chi connectivity index (χ1v) is 10.9. The predicted molar refractivity (Wildman–Crippen MR) is 95.6 cm³/mol. The molecule has 6 nitrogen and oxygen atoms in total. The Bertz CT molecular complexity index is 670. The third-order valence-electron chi connectivity index (χ3n) is 5.08. The molecule has 0 spiro atoms. The van der Waals surface area contributed by atoms with E-state index in [2.05, 4.69) is 6.58 Å². The first-order chi connectivity index (χ1) is 13.3. The molecule has 0 atom stereocenters. The van der Waals surface area contributed by atoms with Gasteiger partial charge in [0.2, 0.25) is 0 Å². The smallest absolute Gasteiger partial charge is 0.396 e. The minimum Gasteiger partial charge on any atom is -0.743 e. The van der Waals surface area contributed by atoms with E-state index in [-0.39, 0.29) is 5.57 Å². The quantitative estimate of drug-likeness (QED) is 0.164. The molecule has 0 aromatic rings. The van der Waals surface area contributed by atoms with Crippen LogP contribution in [0.3, 0.4) is 0 Å². The van der Waals surface area contributed by atoms with Crippen molar-refractivity contribution in [2.45, 2.75) is 81.5 Å².